The lowest BCUT2D eigenvalue weighted by atomic mass is 10.4. The summed E-state index contributed by atoms with van der Waals surface area (Å²) in [5, 5.41) is 8.67. The number of hydrogen-bond acceptors (Lipinski definition) is 4. The number of aromatic nitrogens is 7. The molecule has 0 radical (unpaired) electrons. The van der Waals surface area contributed by atoms with Gasteiger partial charge in [0.2, 0.25) is 0 Å². The molecule has 0 aliphatic heterocycles. The highest BCUT2D eigenvalue weighted by molar-refractivity contribution is 6.20. The lowest BCUT2D eigenvalue weighted by Crippen LogP contribution is -2.11. The van der Waals surface area contributed by atoms with E-state index in [1.807, 2.05) is 25.6 Å². The van der Waals surface area contributed by atoms with E-state index in [2.05, 4.69) is 31.7 Å². The Morgan fingerprint density at radius 1 is 1.33 bits per heavy atom. The maximum atomic E-state index is 6.30. The first-order chi connectivity index (χ1) is 10.0. The van der Waals surface area contributed by atoms with Crippen molar-refractivity contribution in [1.29, 1.82) is 0 Å². The Labute approximate surface area is 127 Å². The van der Waals surface area contributed by atoms with Crippen LogP contribution in [0.5, 0.6) is 0 Å². The smallest absolute Gasteiger partial charge is 0.170 e. The molecular formula is C13H18ClN7. The Hall–Kier alpha value is -1.89. The predicted molar refractivity (Wildman–Crippen MR) is 80.3 cm³/mol. The van der Waals surface area contributed by atoms with E-state index in [-0.39, 0.29) is 5.38 Å². The van der Waals surface area contributed by atoms with E-state index in [1.54, 1.807) is 11.0 Å². The van der Waals surface area contributed by atoms with Crippen molar-refractivity contribution in [3.05, 3.63) is 23.7 Å². The summed E-state index contributed by atoms with van der Waals surface area (Å²) in [5.74, 6) is 1.55. The molecule has 0 aliphatic rings. The molecular weight excluding hydrogens is 290 g/mol. The van der Waals surface area contributed by atoms with Crippen molar-refractivity contribution in [3.8, 4) is 0 Å². The van der Waals surface area contributed by atoms with Crippen molar-refractivity contribution in [2.45, 2.75) is 39.2 Å². The fourth-order valence-corrected chi connectivity index (χ4v) is 2.69. The van der Waals surface area contributed by atoms with Crippen LogP contribution in [0.3, 0.4) is 0 Å². The maximum absolute atomic E-state index is 6.30. The Kier molecular flexibility index (Phi) is 3.44. The van der Waals surface area contributed by atoms with Crippen LogP contribution in [0.2, 0.25) is 0 Å². The van der Waals surface area contributed by atoms with E-state index < -0.39 is 0 Å². The number of alkyl halides is 1. The summed E-state index contributed by atoms with van der Waals surface area (Å²) in [6.07, 6.45) is 1.69. The summed E-state index contributed by atoms with van der Waals surface area (Å²) in [4.78, 5) is 8.96. The first-order valence-corrected chi connectivity index (χ1v) is 7.37. The minimum atomic E-state index is -0.189. The van der Waals surface area contributed by atoms with Gasteiger partial charge in [-0.2, -0.15) is 10.2 Å². The molecule has 21 heavy (non-hydrogen) atoms. The number of aryl methyl sites for hydroxylation is 3. The van der Waals surface area contributed by atoms with E-state index in [0.29, 0.717) is 6.54 Å². The van der Waals surface area contributed by atoms with Gasteiger partial charge in [-0.1, -0.05) is 0 Å². The molecule has 112 valence electrons. The van der Waals surface area contributed by atoms with Gasteiger partial charge in [0.15, 0.2) is 11.5 Å². The summed E-state index contributed by atoms with van der Waals surface area (Å²) in [6, 6.07) is 0. The molecule has 3 heterocycles. The maximum Gasteiger partial charge on any atom is 0.170 e. The van der Waals surface area contributed by atoms with Crippen molar-refractivity contribution >= 4 is 22.8 Å². The van der Waals surface area contributed by atoms with Gasteiger partial charge in [0.1, 0.15) is 17.7 Å². The molecule has 1 unspecified atom stereocenters. The zero-order valence-corrected chi connectivity index (χ0v) is 13.3. The molecule has 1 atom stereocenters. The van der Waals surface area contributed by atoms with E-state index in [4.69, 9.17) is 11.6 Å². The van der Waals surface area contributed by atoms with E-state index >= 15 is 0 Å². The minimum absolute atomic E-state index is 0.189. The second-order valence-electron chi connectivity index (χ2n) is 5.08. The van der Waals surface area contributed by atoms with Crippen LogP contribution in [-0.4, -0.2) is 34.1 Å². The summed E-state index contributed by atoms with van der Waals surface area (Å²) in [7, 11) is 1.85. The van der Waals surface area contributed by atoms with Gasteiger partial charge in [0, 0.05) is 13.6 Å². The second kappa shape index (κ2) is 5.14. The standard InChI is InChI=1S/C13H18ClN7/c1-5-21-13-11(9(3)17-21)16-12(8(2)14)20(13)6-10-15-7-19(4)18-10/h7-8H,5-6H2,1-4H3. The Balaban J connectivity index is 2.19. The Morgan fingerprint density at radius 3 is 2.67 bits per heavy atom. The number of nitrogens with zero attached hydrogens (tertiary/aromatic N) is 7. The normalized spacial score (nSPS) is 13.2. The summed E-state index contributed by atoms with van der Waals surface area (Å²) in [6.45, 7) is 7.26. The topological polar surface area (TPSA) is 66.3 Å². The van der Waals surface area contributed by atoms with Crippen LogP contribution in [0, 0.1) is 6.92 Å². The molecule has 8 heteroatoms. The molecule has 0 aliphatic carbocycles. The molecule has 0 N–H and O–H groups in total. The van der Waals surface area contributed by atoms with Crippen LogP contribution in [0.1, 0.15) is 36.6 Å². The fraction of sp³-hybridized carbons (Fsp3) is 0.538. The van der Waals surface area contributed by atoms with Gasteiger partial charge in [0.05, 0.1) is 17.6 Å². The molecule has 0 saturated heterocycles. The van der Waals surface area contributed by atoms with E-state index in [1.165, 1.54) is 0 Å². The van der Waals surface area contributed by atoms with Crippen LogP contribution in [0.15, 0.2) is 6.33 Å². The number of rotatable bonds is 4. The van der Waals surface area contributed by atoms with Crippen LogP contribution in [0.4, 0.5) is 0 Å². The van der Waals surface area contributed by atoms with Crippen molar-refractivity contribution < 1.29 is 0 Å². The third kappa shape index (κ3) is 2.31. The third-order valence-corrected chi connectivity index (χ3v) is 3.63. The Bertz CT molecular complexity index is 780. The zero-order valence-electron chi connectivity index (χ0n) is 12.6. The largest absolute Gasteiger partial charge is 0.304 e. The number of imidazole rings is 1. The summed E-state index contributed by atoms with van der Waals surface area (Å²) < 4.78 is 5.70. The van der Waals surface area contributed by atoms with Gasteiger partial charge in [-0.05, 0) is 20.8 Å². The minimum Gasteiger partial charge on any atom is -0.304 e. The lowest BCUT2D eigenvalue weighted by Gasteiger charge is -2.09. The second-order valence-corrected chi connectivity index (χ2v) is 5.73. The van der Waals surface area contributed by atoms with Crippen molar-refractivity contribution in [2.24, 2.45) is 7.05 Å². The molecule has 0 spiro atoms. The average molecular weight is 308 g/mol. The molecule has 7 nitrogen and oxygen atoms in total. The molecule has 0 amide bonds. The first-order valence-electron chi connectivity index (χ1n) is 6.93. The highest BCUT2D eigenvalue weighted by Crippen LogP contribution is 2.26. The summed E-state index contributed by atoms with van der Waals surface area (Å²) in [5.41, 5.74) is 2.79. The highest BCUT2D eigenvalue weighted by Gasteiger charge is 2.21. The predicted octanol–water partition coefficient (Wildman–Crippen LogP) is 2.04. The lowest BCUT2D eigenvalue weighted by molar-refractivity contribution is 0.621. The van der Waals surface area contributed by atoms with Crippen LogP contribution in [0.25, 0.3) is 11.2 Å². The zero-order chi connectivity index (χ0) is 15.1. The van der Waals surface area contributed by atoms with Gasteiger partial charge in [-0.15, -0.1) is 11.6 Å². The van der Waals surface area contributed by atoms with Crippen LogP contribution >= 0.6 is 11.6 Å². The average Bonchev–Trinajstić information content (AvgIpc) is 3.08. The number of halogens is 1. The molecule has 0 saturated carbocycles. The van der Waals surface area contributed by atoms with Gasteiger partial charge in [-0.25, -0.2) is 14.6 Å². The fourth-order valence-electron chi connectivity index (χ4n) is 2.52. The van der Waals surface area contributed by atoms with Gasteiger partial charge >= 0.3 is 0 Å². The first kappa shape index (κ1) is 14.1. The Morgan fingerprint density at radius 2 is 2.10 bits per heavy atom. The van der Waals surface area contributed by atoms with Crippen molar-refractivity contribution in [3.63, 3.8) is 0 Å². The van der Waals surface area contributed by atoms with Gasteiger partial charge in [0.25, 0.3) is 0 Å². The molecule has 3 rings (SSSR count). The quantitative estimate of drug-likeness (QED) is 0.692. The number of hydrogen-bond donors (Lipinski definition) is 0. The molecule has 3 aromatic rings. The van der Waals surface area contributed by atoms with E-state index in [9.17, 15) is 0 Å². The van der Waals surface area contributed by atoms with Crippen LogP contribution in [-0.2, 0) is 20.1 Å². The van der Waals surface area contributed by atoms with Gasteiger partial charge < -0.3 is 4.57 Å². The SMILES string of the molecule is CCn1nc(C)c2nc(C(C)Cl)n(Cc3ncn(C)n3)c21. The molecule has 0 aromatic carbocycles. The molecule has 0 bridgehead atoms. The molecule has 3 aromatic heterocycles. The molecule has 0 fully saturated rings. The summed E-state index contributed by atoms with van der Waals surface area (Å²) >= 11 is 6.30. The van der Waals surface area contributed by atoms with Gasteiger partial charge in [-0.3, -0.25) is 4.68 Å². The third-order valence-electron chi connectivity index (χ3n) is 3.43. The van der Waals surface area contributed by atoms with Crippen molar-refractivity contribution in [1.82, 2.24) is 34.1 Å². The number of fused-ring (bicyclic) bond motifs is 1. The highest BCUT2D eigenvalue weighted by atomic mass is 35.5. The van der Waals surface area contributed by atoms with Crippen LogP contribution < -0.4 is 0 Å². The van der Waals surface area contributed by atoms with E-state index in [0.717, 1.165) is 35.1 Å². The monoisotopic (exact) mass is 307 g/mol. The van der Waals surface area contributed by atoms with Crippen molar-refractivity contribution in [2.75, 3.05) is 0 Å².